The third-order valence-electron chi connectivity index (χ3n) is 3.26. The number of nitrogens with zero attached hydrogens (tertiary/aromatic N) is 1. The van der Waals surface area contributed by atoms with Gasteiger partial charge in [0.15, 0.2) is 0 Å². The average Bonchev–Trinajstić information content (AvgIpc) is 2.50. The highest BCUT2D eigenvalue weighted by Gasteiger charge is 2.21. The molecule has 0 bridgehead atoms. The molecular formula is C16H16ClFN2O. The molecule has 0 aliphatic rings. The second-order valence-electron chi connectivity index (χ2n) is 4.78. The van der Waals surface area contributed by atoms with E-state index >= 15 is 0 Å². The van der Waals surface area contributed by atoms with E-state index in [0.717, 1.165) is 0 Å². The molecule has 5 heteroatoms. The monoisotopic (exact) mass is 306 g/mol. The summed E-state index contributed by atoms with van der Waals surface area (Å²) < 4.78 is 13.7. The van der Waals surface area contributed by atoms with Gasteiger partial charge >= 0.3 is 0 Å². The third-order valence-corrected chi connectivity index (χ3v) is 3.61. The first-order valence-corrected chi connectivity index (χ1v) is 6.87. The van der Waals surface area contributed by atoms with Crippen LogP contribution in [-0.2, 0) is 11.3 Å². The first kappa shape index (κ1) is 15.5. The number of rotatable bonds is 4. The van der Waals surface area contributed by atoms with Gasteiger partial charge in [-0.15, -0.1) is 0 Å². The number of nitrogens with two attached hydrogens (primary N) is 1. The fourth-order valence-corrected chi connectivity index (χ4v) is 2.26. The van der Waals surface area contributed by atoms with Crippen molar-refractivity contribution in [1.82, 2.24) is 4.90 Å². The van der Waals surface area contributed by atoms with Crippen LogP contribution in [0.3, 0.4) is 0 Å². The van der Waals surface area contributed by atoms with Crippen molar-refractivity contribution in [3.63, 3.8) is 0 Å². The van der Waals surface area contributed by atoms with Crippen molar-refractivity contribution in [1.29, 1.82) is 0 Å². The Labute approximate surface area is 128 Å². The van der Waals surface area contributed by atoms with Crippen molar-refractivity contribution in [2.75, 3.05) is 7.05 Å². The standard InChI is InChI=1S/C16H16ClFN2O/c1-20(10-12-13(17)8-5-9-14(12)18)16(21)15(19)11-6-3-2-4-7-11/h2-9,15H,10,19H2,1H3. The Hall–Kier alpha value is -1.91. The minimum Gasteiger partial charge on any atom is -0.340 e. The normalized spacial score (nSPS) is 12.0. The molecule has 1 amide bonds. The molecule has 0 saturated heterocycles. The molecule has 1 atom stereocenters. The van der Waals surface area contributed by atoms with Gasteiger partial charge in [-0.25, -0.2) is 4.39 Å². The zero-order valence-corrected chi connectivity index (χ0v) is 12.3. The van der Waals surface area contributed by atoms with Crippen molar-refractivity contribution in [3.05, 3.63) is 70.5 Å². The predicted molar refractivity (Wildman–Crippen MR) is 81.3 cm³/mol. The number of likely N-dealkylation sites (N-methyl/N-ethyl adjacent to an activating group) is 1. The lowest BCUT2D eigenvalue weighted by Crippen LogP contribution is -2.35. The molecule has 2 rings (SSSR count). The molecule has 2 aromatic carbocycles. The van der Waals surface area contributed by atoms with Crippen LogP contribution in [0.5, 0.6) is 0 Å². The molecule has 2 N–H and O–H groups in total. The molecule has 0 heterocycles. The smallest absolute Gasteiger partial charge is 0.244 e. The van der Waals surface area contributed by atoms with Gasteiger partial charge in [-0.2, -0.15) is 0 Å². The molecule has 110 valence electrons. The lowest BCUT2D eigenvalue weighted by Gasteiger charge is -2.22. The maximum atomic E-state index is 13.7. The first-order valence-electron chi connectivity index (χ1n) is 6.49. The van der Waals surface area contributed by atoms with Crippen molar-refractivity contribution in [3.8, 4) is 0 Å². The average molecular weight is 307 g/mol. The Morgan fingerprint density at radius 1 is 1.24 bits per heavy atom. The second-order valence-corrected chi connectivity index (χ2v) is 5.19. The van der Waals surface area contributed by atoms with Crippen LogP contribution in [0.4, 0.5) is 4.39 Å². The van der Waals surface area contributed by atoms with Gasteiger partial charge in [0.25, 0.3) is 0 Å². The Balaban J connectivity index is 2.13. The maximum Gasteiger partial charge on any atom is 0.244 e. The lowest BCUT2D eigenvalue weighted by molar-refractivity contribution is -0.132. The Morgan fingerprint density at radius 2 is 1.90 bits per heavy atom. The summed E-state index contributed by atoms with van der Waals surface area (Å²) in [6, 6.07) is 12.7. The summed E-state index contributed by atoms with van der Waals surface area (Å²) in [6.07, 6.45) is 0. The number of hydrogen-bond acceptors (Lipinski definition) is 2. The molecule has 3 nitrogen and oxygen atoms in total. The number of benzene rings is 2. The molecule has 0 saturated carbocycles. The predicted octanol–water partition coefficient (Wildman–Crippen LogP) is 3.14. The van der Waals surface area contributed by atoms with Crippen LogP contribution in [0.1, 0.15) is 17.2 Å². The summed E-state index contributed by atoms with van der Waals surface area (Å²) in [4.78, 5) is 13.7. The Bertz CT molecular complexity index is 613. The molecule has 0 fully saturated rings. The summed E-state index contributed by atoms with van der Waals surface area (Å²) in [7, 11) is 1.58. The molecular weight excluding hydrogens is 291 g/mol. The first-order chi connectivity index (χ1) is 10.0. The summed E-state index contributed by atoms with van der Waals surface area (Å²) >= 11 is 5.97. The fraction of sp³-hybridized carbons (Fsp3) is 0.188. The minimum absolute atomic E-state index is 0.0743. The number of carbonyl (C=O) groups is 1. The summed E-state index contributed by atoms with van der Waals surface area (Å²) in [5, 5.41) is 0.294. The molecule has 0 aliphatic carbocycles. The Kier molecular flexibility index (Phi) is 4.94. The molecule has 0 aromatic heterocycles. The van der Waals surface area contributed by atoms with Crippen molar-refractivity contribution in [2.24, 2.45) is 5.73 Å². The molecule has 0 spiro atoms. The van der Waals surface area contributed by atoms with E-state index in [-0.39, 0.29) is 18.0 Å². The lowest BCUT2D eigenvalue weighted by atomic mass is 10.1. The van der Waals surface area contributed by atoms with Crippen LogP contribution in [0.15, 0.2) is 48.5 Å². The zero-order chi connectivity index (χ0) is 15.4. The van der Waals surface area contributed by atoms with E-state index in [4.69, 9.17) is 17.3 Å². The van der Waals surface area contributed by atoms with Crippen molar-refractivity contribution < 1.29 is 9.18 Å². The maximum absolute atomic E-state index is 13.7. The summed E-state index contributed by atoms with van der Waals surface area (Å²) in [5.41, 5.74) is 6.96. The van der Waals surface area contributed by atoms with E-state index in [1.54, 1.807) is 25.2 Å². The summed E-state index contributed by atoms with van der Waals surface area (Å²) in [6.45, 7) is 0.0743. The van der Waals surface area contributed by atoms with Gasteiger partial charge in [0.05, 0.1) is 0 Å². The summed E-state index contributed by atoms with van der Waals surface area (Å²) in [5.74, 6) is -0.726. The number of halogens is 2. The molecule has 0 radical (unpaired) electrons. The van der Waals surface area contributed by atoms with Crippen LogP contribution >= 0.6 is 11.6 Å². The van der Waals surface area contributed by atoms with Gasteiger partial charge in [-0.1, -0.05) is 48.0 Å². The fourth-order valence-electron chi connectivity index (χ4n) is 2.04. The van der Waals surface area contributed by atoms with Crippen LogP contribution in [0, 0.1) is 5.82 Å². The van der Waals surface area contributed by atoms with Crippen LogP contribution in [-0.4, -0.2) is 17.9 Å². The largest absolute Gasteiger partial charge is 0.340 e. The van der Waals surface area contributed by atoms with Crippen LogP contribution in [0.2, 0.25) is 5.02 Å². The molecule has 2 aromatic rings. The highest BCUT2D eigenvalue weighted by molar-refractivity contribution is 6.31. The molecule has 1 unspecified atom stereocenters. The van der Waals surface area contributed by atoms with Gasteiger partial charge in [0.1, 0.15) is 11.9 Å². The van der Waals surface area contributed by atoms with Gasteiger partial charge in [0, 0.05) is 24.2 Å². The highest BCUT2D eigenvalue weighted by atomic mass is 35.5. The number of hydrogen-bond donors (Lipinski definition) is 1. The van der Waals surface area contributed by atoms with E-state index in [0.29, 0.717) is 10.6 Å². The van der Waals surface area contributed by atoms with E-state index in [1.165, 1.54) is 17.0 Å². The van der Waals surface area contributed by atoms with Gasteiger partial charge < -0.3 is 10.6 Å². The quantitative estimate of drug-likeness (QED) is 0.943. The van der Waals surface area contributed by atoms with Gasteiger partial charge in [-0.3, -0.25) is 4.79 Å². The van der Waals surface area contributed by atoms with Crippen LogP contribution < -0.4 is 5.73 Å². The second kappa shape index (κ2) is 6.70. The molecule has 21 heavy (non-hydrogen) atoms. The number of amides is 1. The van der Waals surface area contributed by atoms with E-state index in [1.807, 2.05) is 18.2 Å². The van der Waals surface area contributed by atoms with E-state index in [9.17, 15) is 9.18 Å². The van der Waals surface area contributed by atoms with Crippen molar-refractivity contribution in [2.45, 2.75) is 12.6 Å². The third kappa shape index (κ3) is 3.60. The molecule has 0 aliphatic heterocycles. The zero-order valence-electron chi connectivity index (χ0n) is 11.6. The van der Waals surface area contributed by atoms with Crippen molar-refractivity contribution >= 4 is 17.5 Å². The van der Waals surface area contributed by atoms with Crippen LogP contribution in [0.25, 0.3) is 0 Å². The minimum atomic E-state index is -0.776. The SMILES string of the molecule is CN(Cc1c(F)cccc1Cl)C(=O)C(N)c1ccccc1. The highest BCUT2D eigenvalue weighted by Crippen LogP contribution is 2.21. The van der Waals surface area contributed by atoms with E-state index in [2.05, 4.69) is 0 Å². The number of carbonyl (C=O) groups excluding carboxylic acids is 1. The van der Waals surface area contributed by atoms with Gasteiger partial charge in [-0.05, 0) is 17.7 Å². The van der Waals surface area contributed by atoms with E-state index < -0.39 is 11.9 Å². The van der Waals surface area contributed by atoms with Gasteiger partial charge in [0.2, 0.25) is 5.91 Å². The Morgan fingerprint density at radius 3 is 2.52 bits per heavy atom. The topological polar surface area (TPSA) is 46.3 Å².